The number of esters is 1. The molecule has 1 amide bonds. The van der Waals surface area contributed by atoms with Gasteiger partial charge in [0.2, 0.25) is 5.76 Å². The number of nitrogens with one attached hydrogen (secondary N) is 1. The number of aromatic nitrogens is 2. The van der Waals surface area contributed by atoms with Crippen LogP contribution in [0.5, 0.6) is 0 Å². The highest BCUT2D eigenvalue weighted by Crippen LogP contribution is 2.11. The van der Waals surface area contributed by atoms with Gasteiger partial charge in [0.05, 0.1) is 6.54 Å². The highest BCUT2D eigenvalue weighted by Gasteiger charge is 2.20. The molecule has 7 heteroatoms. The van der Waals surface area contributed by atoms with Gasteiger partial charge < -0.3 is 14.5 Å². The molecular weight excluding hydrogens is 298 g/mol. The number of hydrogen-bond donors (Lipinski definition) is 1. The van der Waals surface area contributed by atoms with Crippen molar-refractivity contribution in [1.29, 1.82) is 0 Å². The van der Waals surface area contributed by atoms with Crippen LogP contribution in [0, 0.1) is 0 Å². The number of ether oxygens (including phenoxy) is 1. The summed E-state index contributed by atoms with van der Waals surface area (Å²) in [7, 11) is 0. The van der Waals surface area contributed by atoms with Gasteiger partial charge in [-0.15, -0.1) is 0 Å². The average Bonchev–Trinajstić information content (AvgIpc) is 3.16. The molecule has 0 fully saturated rings. The zero-order valence-electron chi connectivity index (χ0n) is 13.5. The quantitative estimate of drug-likeness (QED) is 0.789. The Balaban J connectivity index is 1.84. The lowest BCUT2D eigenvalue weighted by molar-refractivity contribution is -0.125. The summed E-state index contributed by atoms with van der Waals surface area (Å²) >= 11 is 0. The molecule has 0 radical (unpaired) electrons. The van der Waals surface area contributed by atoms with Crippen molar-refractivity contribution in [2.24, 2.45) is 0 Å². The zero-order chi connectivity index (χ0) is 16.9. The summed E-state index contributed by atoms with van der Waals surface area (Å²) in [5, 5.41) is 6.84. The van der Waals surface area contributed by atoms with Crippen molar-refractivity contribution in [3.63, 3.8) is 0 Å². The first-order chi connectivity index (χ1) is 10.9. The molecule has 0 saturated heterocycles. The predicted molar refractivity (Wildman–Crippen MR) is 82.8 cm³/mol. The molecule has 124 valence electrons. The van der Waals surface area contributed by atoms with Gasteiger partial charge in [-0.1, -0.05) is 6.92 Å². The molecule has 0 saturated carbocycles. The lowest BCUT2D eigenvalue weighted by atomic mass is 10.0. The van der Waals surface area contributed by atoms with Crippen molar-refractivity contribution in [2.45, 2.75) is 39.3 Å². The molecule has 0 unspecified atom stereocenters. The Kier molecular flexibility index (Phi) is 5.20. The van der Waals surface area contributed by atoms with Crippen LogP contribution in [0.25, 0.3) is 0 Å². The fraction of sp³-hybridized carbons (Fsp3) is 0.438. The molecule has 2 aromatic rings. The van der Waals surface area contributed by atoms with E-state index < -0.39 is 5.97 Å². The molecule has 23 heavy (non-hydrogen) atoms. The van der Waals surface area contributed by atoms with Crippen molar-refractivity contribution in [2.75, 3.05) is 6.61 Å². The number of furan rings is 1. The molecule has 2 aromatic heterocycles. The fourth-order valence-electron chi connectivity index (χ4n) is 1.83. The van der Waals surface area contributed by atoms with E-state index in [4.69, 9.17) is 9.15 Å². The third-order valence-electron chi connectivity index (χ3n) is 3.44. The van der Waals surface area contributed by atoms with Gasteiger partial charge in [0.15, 0.2) is 6.61 Å². The normalized spacial score (nSPS) is 11.3. The van der Waals surface area contributed by atoms with E-state index in [0.717, 1.165) is 6.42 Å². The van der Waals surface area contributed by atoms with Crippen LogP contribution >= 0.6 is 0 Å². The molecule has 0 bridgehead atoms. The van der Waals surface area contributed by atoms with Gasteiger partial charge in [0, 0.05) is 17.9 Å². The highest BCUT2D eigenvalue weighted by atomic mass is 16.5. The van der Waals surface area contributed by atoms with Gasteiger partial charge in [-0.05, 0) is 38.5 Å². The van der Waals surface area contributed by atoms with Gasteiger partial charge in [0.25, 0.3) is 5.91 Å². The van der Waals surface area contributed by atoms with Crippen molar-refractivity contribution in [3.05, 3.63) is 42.1 Å². The molecule has 0 aliphatic carbocycles. The van der Waals surface area contributed by atoms with E-state index in [1.807, 2.05) is 20.8 Å². The van der Waals surface area contributed by atoms with E-state index in [2.05, 4.69) is 10.4 Å². The van der Waals surface area contributed by atoms with Crippen LogP contribution in [0.4, 0.5) is 0 Å². The minimum atomic E-state index is -0.666. The Morgan fingerprint density at radius 2 is 2.17 bits per heavy atom. The number of nitrogens with zero attached hydrogens (tertiary/aromatic N) is 2. The average molecular weight is 319 g/mol. The van der Waals surface area contributed by atoms with E-state index in [9.17, 15) is 9.59 Å². The number of amides is 1. The van der Waals surface area contributed by atoms with Crippen LogP contribution in [0.3, 0.4) is 0 Å². The molecule has 2 rings (SSSR count). The second-order valence-corrected chi connectivity index (χ2v) is 5.83. The van der Waals surface area contributed by atoms with Gasteiger partial charge in [0.1, 0.15) is 5.76 Å². The van der Waals surface area contributed by atoms with Crippen molar-refractivity contribution < 1.29 is 18.7 Å². The molecule has 0 atom stereocenters. The predicted octanol–water partition coefficient (Wildman–Crippen LogP) is 1.99. The molecule has 2 heterocycles. The second-order valence-electron chi connectivity index (χ2n) is 5.83. The van der Waals surface area contributed by atoms with E-state index in [0.29, 0.717) is 12.3 Å². The number of carbonyl (C=O) groups is 2. The zero-order valence-corrected chi connectivity index (χ0v) is 13.5. The summed E-state index contributed by atoms with van der Waals surface area (Å²) in [5.41, 5.74) is -0.328. The van der Waals surface area contributed by atoms with Gasteiger partial charge in [-0.3, -0.25) is 9.48 Å². The SMILES string of the molecule is CCC(C)(C)NC(=O)COC(=O)c1ccc(Cn2cccn2)o1. The summed E-state index contributed by atoms with van der Waals surface area (Å²) < 4.78 is 12.0. The van der Waals surface area contributed by atoms with E-state index in [1.165, 1.54) is 6.07 Å². The highest BCUT2D eigenvalue weighted by molar-refractivity contribution is 5.89. The Hall–Kier alpha value is -2.57. The van der Waals surface area contributed by atoms with Crippen molar-refractivity contribution >= 4 is 11.9 Å². The lowest BCUT2D eigenvalue weighted by Crippen LogP contribution is -2.44. The summed E-state index contributed by atoms with van der Waals surface area (Å²) in [6.45, 7) is 5.86. The molecule has 0 aliphatic rings. The molecule has 1 N–H and O–H groups in total. The van der Waals surface area contributed by atoms with Crippen LogP contribution in [0.2, 0.25) is 0 Å². The van der Waals surface area contributed by atoms with Gasteiger partial charge >= 0.3 is 5.97 Å². The monoisotopic (exact) mass is 319 g/mol. The van der Waals surface area contributed by atoms with Crippen LogP contribution in [-0.2, 0) is 16.1 Å². The first-order valence-electron chi connectivity index (χ1n) is 7.44. The molecule has 0 spiro atoms. The third kappa shape index (κ3) is 4.98. The second kappa shape index (κ2) is 7.13. The number of rotatable bonds is 7. The number of carbonyl (C=O) groups excluding carboxylic acids is 2. The van der Waals surface area contributed by atoms with Crippen LogP contribution in [0.15, 0.2) is 35.0 Å². The van der Waals surface area contributed by atoms with Crippen LogP contribution in [0.1, 0.15) is 43.5 Å². The maximum Gasteiger partial charge on any atom is 0.374 e. The summed E-state index contributed by atoms with van der Waals surface area (Å²) in [4.78, 5) is 23.6. The largest absolute Gasteiger partial charge is 0.452 e. The Morgan fingerprint density at radius 3 is 2.83 bits per heavy atom. The van der Waals surface area contributed by atoms with Crippen LogP contribution in [-0.4, -0.2) is 33.8 Å². The maximum absolute atomic E-state index is 11.9. The Labute approximate surface area is 134 Å². The van der Waals surface area contributed by atoms with Crippen molar-refractivity contribution in [3.8, 4) is 0 Å². The third-order valence-corrected chi connectivity index (χ3v) is 3.44. The van der Waals surface area contributed by atoms with Crippen molar-refractivity contribution in [1.82, 2.24) is 15.1 Å². The van der Waals surface area contributed by atoms with E-state index in [-0.39, 0.29) is 23.8 Å². The first-order valence-corrected chi connectivity index (χ1v) is 7.44. The molecule has 7 nitrogen and oxygen atoms in total. The summed E-state index contributed by atoms with van der Waals surface area (Å²) in [6, 6.07) is 5.00. The van der Waals surface area contributed by atoms with Crippen LogP contribution < -0.4 is 5.32 Å². The lowest BCUT2D eigenvalue weighted by Gasteiger charge is -2.24. The minimum absolute atomic E-state index is 0.0645. The standard InChI is InChI=1S/C16H21N3O4/c1-4-16(2,3)18-14(20)11-22-15(21)13-7-6-12(23-13)10-19-9-5-8-17-19/h5-9H,4,10-11H2,1-3H3,(H,18,20). The Morgan fingerprint density at radius 1 is 1.39 bits per heavy atom. The van der Waals surface area contributed by atoms with Gasteiger partial charge in [-0.2, -0.15) is 5.10 Å². The minimum Gasteiger partial charge on any atom is -0.452 e. The maximum atomic E-state index is 11.9. The smallest absolute Gasteiger partial charge is 0.374 e. The van der Waals surface area contributed by atoms with E-state index in [1.54, 1.807) is 29.2 Å². The summed E-state index contributed by atoms with van der Waals surface area (Å²) in [6.07, 6.45) is 4.23. The first kappa shape index (κ1) is 16.8. The molecule has 0 aliphatic heterocycles. The van der Waals surface area contributed by atoms with E-state index >= 15 is 0 Å². The molecular formula is C16H21N3O4. The van der Waals surface area contributed by atoms with Gasteiger partial charge in [-0.25, -0.2) is 4.79 Å². The fourth-order valence-corrected chi connectivity index (χ4v) is 1.83. The molecule has 0 aromatic carbocycles. The summed E-state index contributed by atoms with van der Waals surface area (Å²) in [5.74, 6) is -0.360. The number of hydrogen-bond acceptors (Lipinski definition) is 5. The topological polar surface area (TPSA) is 86.4 Å². The Bertz CT molecular complexity index is 659.